The molecular weight excluding hydrogens is 430 g/mol. The number of nitrogens with zero attached hydrogens (tertiary/aromatic N) is 1. The number of carbonyl (C=O) groups excluding carboxylic acids is 1. The summed E-state index contributed by atoms with van der Waals surface area (Å²) in [7, 11) is 1.55. The lowest BCUT2D eigenvalue weighted by Gasteiger charge is -2.09. The second-order valence-electron chi connectivity index (χ2n) is 6.96. The molecule has 9 heteroatoms. The summed E-state index contributed by atoms with van der Waals surface area (Å²) < 4.78 is 21.6. The van der Waals surface area contributed by atoms with E-state index in [9.17, 15) is 19.7 Å². The molecule has 0 unspecified atom stereocenters. The maximum Gasteiger partial charge on any atom is 0.344 e. The quantitative estimate of drug-likeness (QED) is 0.175. The number of carbonyl (C=O) groups is 1. The Labute approximate surface area is 186 Å². The molecule has 9 nitrogen and oxygen atoms in total. The molecule has 0 N–H and O–H groups in total. The fourth-order valence-corrected chi connectivity index (χ4v) is 3.20. The zero-order chi connectivity index (χ0) is 23.5. The molecule has 1 aromatic heterocycles. The molecule has 0 saturated carbocycles. The van der Waals surface area contributed by atoms with Gasteiger partial charge in [0, 0.05) is 17.7 Å². The summed E-state index contributed by atoms with van der Waals surface area (Å²) >= 11 is 0. The van der Waals surface area contributed by atoms with Crippen molar-refractivity contribution in [2.75, 3.05) is 7.11 Å². The first-order valence-corrected chi connectivity index (χ1v) is 9.71. The lowest BCUT2D eigenvalue weighted by molar-refractivity contribution is -0.385. The SMILES string of the molecule is COc1ccc(Oc2coc3cc(OC(=O)c4cccc([N+](=O)[O-])c4C)ccc3c2=O)cc1. The normalized spacial score (nSPS) is 10.6. The van der Waals surface area contributed by atoms with E-state index in [0.29, 0.717) is 11.5 Å². The van der Waals surface area contributed by atoms with E-state index in [1.54, 1.807) is 31.4 Å². The molecule has 0 aliphatic carbocycles. The van der Waals surface area contributed by atoms with Crippen LogP contribution in [0.4, 0.5) is 5.69 Å². The molecule has 0 atom stereocenters. The van der Waals surface area contributed by atoms with Gasteiger partial charge in [-0.1, -0.05) is 6.07 Å². The Morgan fingerprint density at radius 3 is 2.39 bits per heavy atom. The maximum absolute atomic E-state index is 12.8. The number of nitro groups is 1. The number of fused-ring (bicyclic) bond motifs is 1. The first-order valence-electron chi connectivity index (χ1n) is 9.71. The van der Waals surface area contributed by atoms with Crippen LogP contribution in [0, 0.1) is 17.0 Å². The topological polar surface area (TPSA) is 118 Å². The highest BCUT2D eigenvalue weighted by molar-refractivity contribution is 5.94. The zero-order valence-electron chi connectivity index (χ0n) is 17.6. The van der Waals surface area contributed by atoms with E-state index in [-0.39, 0.29) is 39.3 Å². The number of benzene rings is 3. The fraction of sp³-hybridized carbons (Fsp3) is 0.0833. The van der Waals surface area contributed by atoms with E-state index in [0.717, 1.165) is 0 Å². The van der Waals surface area contributed by atoms with Crippen LogP contribution >= 0.6 is 0 Å². The van der Waals surface area contributed by atoms with Crippen LogP contribution in [-0.4, -0.2) is 18.0 Å². The first-order chi connectivity index (χ1) is 15.9. The predicted molar refractivity (Wildman–Crippen MR) is 118 cm³/mol. The Morgan fingerprint density at radius 1 is 1.00 bits per heavy atom. The molecule has 0 saturated heterocycles. The minimum atomic E-state index is -0.766. The van der Waals surface area contributed by atoms with Gasteiger partial charge in [0.05, 0.1) is 23.0 Å². The van der Waals surface area contributed by atoms with E-state index in [1.165, 1.54) is 49.6 Å². The number of nitro benzene ring substituents is 1. The predicted octanol–water partition coefficient (Wildman–Crippen LogP) is 5.03. The summed E-state index contributed by atoms with van der Waals surface area (Å²) in [5.74, 6) is 0.419. The highest BCUT2D eigenvalue weighted by Gasteiger charge is 2.20. The molecule has 1 heterocycles. The van der Waals surface area contributed by atoms with Crippen LogP contribution in [0.25, 0.3) is 11.0 Å². The van der Waals surface area contributed by atoms with Crippen LogP contribution in [0.15, 0.2) is 76.1 Å². The van der Waals surface area contributed by atoms with E-state index < -0.39 is 16.3 Å². The van der Waals surface area contributed by atoms with Gasteiger partial charge in [0.1, 0.15) is 29.1 Å². The van der Waals surface area contributed by atoms with Crippen LogP contribution in [0.5, 0.6) is 23.0 Å². The van der Waals surface area contributed by atoms with Crippen molar-refractivity contribution in [3.8, 4) is 23.0 Å². The van der Waals surface area contributed by atoms with Gasteiger partial charge < -0.3 is 18.6 Å². The first kappa shape index (κ1) is 21.6. The molecule has 0 aliphatic rings. The van der Waals surface area contributed by atoms with Crippen molar-refractivity contribution in [2.24, 2.45) is 0 Å². The number of hydrogen-bond donors (Lipinski definition) is 0. The third kappa shape index (κ3) is 4.38. The third-order valence-electron chi connectivity index (χ3n) is 4.93. The molecule has 0 radical (unpaired) electrons. The molecule has 4 aromatic rings. The fourth-order valence-electron chi connectivity index (χ4n) is 3.20. The van der Waals surface area contributed by atoms with Crippen molar-refractivity contribution in [1.29, 1.82) is 0 Å². The Kier molecular flexibility index (Phi) is 5.77. The Morgan fingerprint density at radius 2 is 1.70 bits per heavy atom. The smallest absolute Gasteiger partial charge is 0.344 e. The highest BCUT2D eigenvalue weighted by atomic mass is 16.6. The summed E-state index contributed by atoms with van der Waals surface area (Å²) in [6, 6.07) is 15.1. The number of ether oxygens (including phenoxy) is 3. The summed E-state index contributed by atoms with van der Waals surface area (Å²) in [6.07, 6.45) is 1.17. The number of esters is 1. The van der Waals surface area contributed by atoms with Crippen molar-refractivity contribution in [2.45, 2.75) is 6.92 Å². The second-order valence-corrected chi connectivity index (χ2v) is 6.96. The van der Waals surface area contributed by atoms with E-state index in [1.807, 2.05) is 0 Å². The van der Waals surface area contributed by atoms with Gasteiger partial charge in [0.2, 0.25) is 11.2 Å². The van der Waals surface area contributed by atoms with Crippen LogP contribution in [-0.2, 0) is 0 Å². The van der Waals surface area contributed by atoms with Crippen LogP contribution < -0.4 is 19.6 Å². The van der Waals surface area contributed by atoms with Crippen molar-refractivity contribution >= 4 is 22.6 Å². The van der Waals surface area contributed by atoms with E-state index in [4.69, 9.17) is 18.6 Å². The average Bonchev–Trinajstić information content (AvgIpc) is 2.81. The number of hydrogen-bond acceptors (Lipinski definition) is 8. The number of methoxy groups -OCH3 is 1. The van der Waals surface area contributed by atoms with Crippen molar-refractivity contribution in [3.63, 3.8) is 0 Å². The Bertz CT molecular complexity index is 1420. The van der Waals surface area contributed by atoms with Gasteiger partial charge in [-0.25, -0.2) is 4.79 Å². The van der Waals surface area contributed by atoms with Gasteiger partial charge in [-0.05, 0) is 49.4 Å². The van der Waals surface area contributed by atoms with Gasteiger partial charge in [-0.3, -0.25) is 14.9 Å². The standard InChI is InChI=1S/C24H17NO8/c1-14-18(4-3-5-20(14)25(28)29)24(27)33-17-10-11-19-21(12-17)31-13-22(23(19)26)32-16-8-6-15(30-2)7-9-16/h3-13H,1-2H3. The van der Waals surface area contributed by atoms with Crippen LogP contribution in [0.2, 0.25) is 0 Å². The summed E-state index contributed by atoms with van der Waals surface area (Å²) in [4.78, 5) is 35.9. The molecule has 33 heavy (non-hydrogen) atoms. The molecule has 0 fully saturated rings. The second kappa shape index (κ2) is 8.83. The third-order valence-corrected chi connectivity index (χ3v) is 4.93. The lowest BCUT2D eigenvalue weighted by atomic mass is 10.1. The van der Waals surface area contributed by atoms with E-state index in [2.05, 4.69) is 0 Å². The highest BCUT2D eigenvalue weighted by Crippen LogP contribution is 2.27. The zero-order valence-corrected chi connectivity index (χ0v) is 17.6. The molecule has 166 valence electrons. The van der Waals surface area contributed by atoms with Crippen molar-refractivity contribution in [1.82, 2.24) is 0 Å². The van der Waals surface area contributed by atoms with Gasteiger partial charge in [-0.2, -0.15) is 0 Å². The van der Waals surface area contributed by atoms with Crippen LogP contribution in [0.3, 0.4) is 0 Å². The molecular formula is C24H17NO8. The largest absolute Gasteiger partial charge is 0.497 e. The molecule has 4 rings (SSSR count). The van der Waals surface area contributed by atoms with Gasteiger partial charge in [0.15, 0.2) is 0 Å². The molecule has 0 bridgehead atoms. The van der Waals surface area contributed by atoms with Gasteiger partial charge in [0.25, 0.3) is 5.69 Å². The van der Waals surface area contributed by atoms with Crippen molar-refractivity contribution < 1.29 is 28.3 Å². The van der Waals surface area contributed by atoms with E-state index >= 15 is 0 Å². The minimum absolute atomic E-state index is 0.00960. The Hall–Kier alpha value is -4.66. The average molecular weight is 447 g/mol. The maximum atomic E-state index is 12.8. The Balaban J connectivity index is 1.58. The summed E-state index contributed by atoms with van der Waals surface area (Å²) in [6.45, 7) is 1.47. The lowest BCUT2D eigenvalue weighted by Crippen LogP contribution is -2.11. The monoisotopic (exact) mass is 447 g/mol. The van der Waals surface area contributed by atoms with Gasteiger partial charge in [-0.15, -0.1) is 0 Å². The van der Waals surface area contributed by atoms with Crippen molar-refractivity contribution in [3.05, 3.63) is 98.4 Å². The van der Waals surface area contributed by atoms with Gasteiger partial charge >= 0.3 is 5.97 Å². The molecule has 0 spiro atoms. The summed E-state index contributed by atoms with van der Waals surface area (Å²) in [5.41, 5.74) is -0.143. The molecule has 3 aromatic carbocycles. The summed E-state index contributed by atoms with van der Waals surface area (Å²) in [5, 5.41) is 11.3. The number of rotatable bonds is 6. The van der Waals surface area contributed by atoms with Crippen LogP contribution in [0.1, 0.15) is 15.9 Å². The molecule has 0 aliphatic heterocycles. The molecule has 0 amide bonds. The minimum Gasteiger partial charge on any atom is -0.497 e.